The van der Waals surface area contributed by atoms with E-state index in [4.69, 9.17) is 24.7 Å². The quantitative estimate of drug-likeness (QED) is 0.314. The average molecular weight is 503 g/mol. The monoisotopic (exact) mass is 502 g/mol. The zero-order valence-electron chi connectivity index (χ0n) is 22.1. The number of hydrogen-bond donors (Lipinski definition) is 2. The first kappa shape index (κ1) is 26.6. The third-order valence-electron chi connectivity index (χ3n) is 6.63. The molecule has 6 heteroatoms. The number of ether oxygens (including phenoxy) is 4. The van der Waals surface area contributed by atoms with Crippen LogP contribution in [0.25, 0.3) is 6.08 Å². The highest BCUT2D eigenvalue weighted by Crippen LogP contribution is 2.37. The lowest BCUT2D eigenvalue weighted by molar-refractivity contribution is 0.283. The van der Waals surface area contributed by atoms with Gasteiger partial charge < -0.3 is 30.0 Å². The molecule has 0 amide bonds. The maximum Gasteiger partial charge on any atom is 0.161 e. The van der Waals surface area contributed by atoms with Crippen LogP contribution in [0, 0.1) is 6.92 Å². The van der Waals surface area contributed by atoms with E-state index in [1.165, 1.54) is 11.1 Å². The van der Waals surface area contributed by atoms with Gasteiger partial charge in [0.15, 0.2) is 23.0 Å². The van der Waals surface area contributed by atoms with Crippen molar-refractivity contribution >= 4 is 6.08 Å². The van der Waals surface area contributed by atoms with E-state index in [1.807, 2.05) is 24.3 Å². The van der Waals surface area contributed by atoms with Gasteiger partial charge in [-0.05, 0) is 84.8 Å². The summed E-state index contributed by atoms with van der Waals surface area (Å²) in [5.74, 6) is 3.02. The number of methoxy groups -OCH3 is 2. The lowest BCUT2D eigenvalue weighted by Crippen LogP contribution is -2.28. The molecule has 1 unspecified atom stereocenters. The first-order chi connectivity index (χ1) is 18.1. The van der Waals surface area contributed by atoms with Crippen LogP contribution >= 0.6 is 0 Å². The van der Waals surface area contributed by atoms with Gasteiger partial charge in [-0.3, -0.25) is 0 Å². The predicted octanol–water partition coefficient (Wildman–Crippen LogP) is 5.61. The van der Waals surface area contributed by atoms with Crippen LogP contribution in [0.5, 0.6) is 23.0 Å². The standard InChI is InChI=1S/C31H38N2O4/c1-22-17-28(34-2)30(36-16-8-7-14-32)18-24(22)11-12-27-26-20-29(35-3)31(19-25(26)13-15-33-27)37-21-23-9-5-4-6-10-23/h4-6,9-12,17-20,27,33H,7-8,13-16,21,32H2,1-3H3/b12-11+. The molecule has 1 aliphatic heterocycles. The van der Waals surface area contributed by atoms with E-state index in [1.54, 1.807) is 14.2 Å². The van der Waals surface area contributed by atoms with Gasteiger partial charge in [0, 0.05) is 6.54 Å². The normalized spacial score (nSPS) is 14.9. The van der Waals surface area contributed by atoms with Crippen LogP contribution in [0.4, 0.5) is 0 Å². The van der Waals surface area contributed by atoms with Crippen molar-refractivity contribution in [3.63, 3.8) is 0 Å². The number of rotatable bonds is 12. The zero-order chi connectivity index (χ0) is 26.0. The van der Waals surface area contributed by atoms with Gasteiger partial charge in [-0.15, -0.1) is 0 Å². The molecule has 0 spiro atoms. The highest BCUT2D eigenvalue weighted by molar-refractivity contribution is 5.61. The molecule has 0 aromatic heterocycles. The van der Waals surface area contributed by atoms with E-state index in [0.29, 0.717) is 19.8 Å². The summed E-state index contributed by atoms with van der Waals surface area (Å²) in [6.45, 7) is 4.77. The average Bonchev–Trinajstić information content (AvgIpc) is 2.93. The van der Waals surface area contributed by atoms with Crippen LogP contribution in [0.1, 0.15) is 46.7 Å². The third kappa shape index (κ3) is 6.85. The topological polar surface area (TPSA) is 75.0 Å². The van der Waals surface area contributed by atoms with Crippen LogP contribution in [-0.2, 0) is 13.0 Å². The summed E-state index contributed by atoms with van der Waals surface area (Å²) in [6.07, 6.45) is 7.15. The van der Waals surface area contributed by atoms with E-state index in [0.717, 1.165) is 65.5 Å². The van der Waals surface area contributed by atoms with Crippen molar-refractivity contribution in [2.75, 3.05) is 33.9 Å². The molecule has 0 bridgehead atoms. The maximum absolute atomic E-state index is 6.15. The highest BCUT2D eigenvalue weighted by Gasteiger charge is 2.21. The van der Waals surface area contributed by atoms with Gasteiger partial charge in [-0.25, -0.2) is 0 Å². The molecule has 0 saturated carbocycles. The smallest absolute Gasteiger partial charge is 0.161 e. The Balaban J connectivity index is 1.54. The van der Waals surface area contributed by atoms with Crippen LogP contribution in [0.3, 0.4) is 0 Å². The molecule has 0 fully saturated rings. The molecule has 0 aliphatic carbocycles. The summed E-state index contributed by atoms with van der Waals surface area (Å²) >= 11 is 0. The minimum atomic E-state index is 0.0660. The molecule has 1 heterocycles. The molecular formula is C31H38N2O4. The SMILES string of the molecule is COc1cc(C)c(/C=C/C2NCCc3cc(OCc4ccccc4)c(OC)cc32)cc1OCCCCN. The molecule has 1 aliphatic rings. The third-order valence-corrected chi connectivity index (χ3v) is 6.63. The van der Waals surface area contributed by atoms with Gasteiger partial charge >= 0.3 is 0 Å². The van der Waals surface area contributed by atoms with Gasteiger partial charge in [0.1, 0.15) is 6.61 Å². The first-order valence-corrected chi connectivity index (χ1v) is 12.9. The fraction of sp³-hybridized carbons (Fsp3) is 0.355. The van der Waals surface area contributed by atoms with Crippen molar-refractivity contribution in [1.29, 1.82) is 0 Å². The number of nitrogens with one attached hydrogen (secondary N) is 1. The number of hydrogen-bond acceptors (Lipinski definition) is 6. The van der Waals surface area contributed by atoms with E-state index in [2.05, 4.69) is 54.7 Å². The summed E-state index contributed by atoms with van der Waals surface area (Å²) < 4.78 is 23.4. The molecule has 6 nitrogen and oxygen atoms in total. The first-order valence-electron chi connectivity index (χ1n) is 12.9. The Bertz CT molecular complexity index is 1190. The summed E-state index contributed by atoms with van der Waals surface area (Å²) in [5.41, 5.74) is 11.4. The molecular weight excluding hydrogens is 464 g/mol. The van der Waals surface area contributed by atoms with Gasteiger partial charge in [0.25, 0.3) is 0 Å². The Morgan fingerprint density at radius 3 is 2.43 bits per heavy atom. The van der Waals surface area contributed by atoms with Crippen LogP contribution in [0.2, 0.25) is 0 Å². The molecule has 3 aromatic carbocycles. The summed E-state index contributed by atoms with van der Waals surface area (Å²) in [6, 6.07) is 18.6. The van der Waals surface area contributed by atoms with E-state index >= 15 is 0 Å². The Hall–Kier alpha value is -3.48. The van der Waals surface area contributed by atoms with Crippen molar-refractivity contribution < 1.29 is 18.9 Å². The van der Waals surface area contributed by atoms with Gasteiger partial charge in [-0.1, -0.05) is 42.5 Å². The number of fused-ring (bicyclic) bond motifs is 1. The molecule has 0 saturated heterocycles. The Morgan fingerprint density at radius 2 is 1.68 bits per heavy atom. The van der Waals surface area contributed by atoms with Crippen molar-refractivity contribution in [2.45, 2.75) is 38.8 Å². The second kappa shape index (κ2) is 13.2. The van der Waals surface area contributed by atoms with Crippen molar-refractivity contribution in [2.24, 2.45) is 5.73 Å². The molecule has 3 N–H and O–H groups in total. The summed E-state index contributed by atoms with van der Waals surface area (Å²) in [5, 5.41) is 3.63. The minimum absolute atomic E-state index is 0.0660. The highest BCUT2D eigenvalue weighted by atomic mass is 16.5. The largest absolute Gasteiger partial charge is 0.493 e. The number of benzene rings is 3. The van der Waals surface area contributed by atoms with Gasteiger partial charge in [-0.2, -0.15) is 0 Å². The lowest BCUT2D eigenvalue weighted by Gasteiger charge is -2.26. The molecule has 1 atom stereocenters. The molecule has 37 heavy (non-hydrogen) atoms. The number of nitrogens with two attached hydrogens (primary N) is 1. The summed E-state index contributed by atoms with van der Waals surface area (Å²) in [4.78, 5) is 0. The van der Waals surface area contributed by atoms with E-state index in [9.17, 15) is 0 Å². The van der Waals surface area contributed by atoms with Crippen molar-refractivity contribution in [1.82, 2.24) is 5.32 Å². The van der Waals surface area contributed by atoms with Crippen LogP contribution in [0.15, 0.2) is 60.7 Å². The molecule has 0 radical (unpaired) electrons. The second-order valence-electron chi connectivity index (χ2n) is 9.22. The van der Waals surface area contributed by atoms with Crippen molar-refractivity contribution in [3.8, 4) is 23.0 Å². The maximum atomic E-state index is 6.15. The van der Waals surface area contributed by atoms with E-state index in [-0.39, 0.29) is 6.04 Å². The number of aryl methyl sites for hydroxylation is 1. The molecule has 196 valence electrons. The Morgan fingerprint density at radius 1 is 0.919 bits per heavy atom. The lowest BCUT2D eigenvalue weighted by atomic mass is 9.92. The van der Waals surface area contributed by atoms with E-state index < -0.39 is 0 Å². The molecule has 3 aromatic rings. The molecule has 4 rings (SSSR count). The fourth-order valence-corrected chi connectivity index (χ4v) is 4.53. The summed E-state index contributed by atoms with van der Waals surface area (Å²) in [7, 11) is 3.36. The number of unbranched alkanes of at least 4 members (excludes halogenated alkanes) is 1. The Labute approximate surface area is 220 Å². The fourth-order valence-electron chi connectivity index (χ4n) is 4.53. The van der Waals surface area contributed by atoms with Gasteiger partial charge in [0.05, 0.1) is 26.9 Å². The second-order valence-corrected chi connectivity index (χ2v) is 9.22. The van der Waals surface area contributed by atoms with Crippen LogP contribution < -0.4 is 30.0 Å². The minimum Gasteiger partial charge on any atom is -0.493 e. The zero-order valence-corrected chi connectivity index (χ0v) is 22.1. The van der Waals surface area contributed by atoms with Gasteiger partial charge in [0.2, 0.25) is 0 Å². The predicted molar refractivity (Wildman–Crippen MR) is 149 cm³/mol. The van der Waals surface area contributed by atoms with Crippen molar-refractivity contribution in [3.05, 3.63) is 88.5 Å². The van der Waals surface area contributed by atoms with Crippen LogP contribution in [-0.4, -0.2) is 33.9 Å². The Kier molecular flexibility index (Phi) is 9.46.